The highest BCUT2D eigenvalue weighted by molar-refractivity contribution is 6.31. The maximum absolute atomic E-state index is 6.41. The van der Waals surface area contributed by atoms with Crippen molar-refractivity contribution in [3.05, 3.63) is 34.9 Å². The lowest BCUT2D eigenvalue weighted by Gasteiger charge is -2.35. The summed E-state index contributed by atoms with van der Waals surface area (Å²) in [5, 5.41) is 1.14. The van der Waals surface area contributed by atoms with Crippen LogP contribution in [0.1, 0.15) is 31.2 Å². The quantitative estimate of drug-likeness (QED) is 0.740. The molecule has 1 saturated carbocycles. The first-order chi connectivity index (χ1) is 8.18. The van der Waals surface area contributed by atoms with E-state index in [1.807, 2.05) is 18.2 Å². The Hall–Kier alpha value is -0.240. The topological polar surface area (TPSA) is 3.24 Å². The Labute approximate surface area is 114 Å². The molecule has 2 atom stereocenters. The summed E-state index contributed by atoms with van der Waals surface area (Å²) in [6.45, 7) is 0.882. The van der Waals surface area contributed by atoms with Gasteiger partial charge in [0.25, 0.3) is 0 Å². The molecule has 0 bridgehead atoms. The van der Waals surface area contributed by atoms with Crippen molar-refractivity contribution < 1.29 is 0 Å². The number of rotatable bonds is 3. The lowest BCUT2D eigenvalue weighted by atomic mass is 9.93. The molecule has 2 rings (SSSR count). The van der Waals surface area contributed by atoms with Crippen LogP contribution in [0.5, 0.6) is 0 Å². The summed E-state index contributed by atoms with van der Waals surface area (Å²) in [7, 11) is 2.15. The van der Waals surface area contributed by atoms with Crippen LogP contribution in [-0.4, -0.2) is 23.4 Å². The van der Waals surface area contributed by atoms with Crippen LogP contribution in [0.2, 0.25) is 5.02 Å². The first-order valence-corrected chi connectivity index (χ1v) is 7.07. The molecule has 1 nitrogen and oxygen atoms in total. The average Bonchev–Trinajstić information content (AvgIpc) is 2.32. The van der Waals surface area contributed by atoms with Crippen LogP contribution >= 0.6 is 23.2 Å². The molecule has 0 aliphatic heterocycles. The summed E-state index contributed by atoms with van der Waals surface area (Å²) in [5.74, 6) is 0. The highest BCUT2D eigenvalue weighted by Crippen LogP contribution is 2.28. The van der Waals surface area contributed by atoms with Gasteiger partial charge in [0.2, 0.25) is 0 Å². The molecular formula is C14H19Cl2N. The van der Waals surface area contributed by atoms with Crippen molar-refractivity contribution in [1.29, 1.82) is 0 Å². The molecule has 0 saturated heterocycles. The molecule has 0 spiro atoms. The van der Waals surface area contributed by atoms with Gasteiger partial charge in [0, 0.05) is 23.0 Å². The summed E-state index contributed by atoms with van der Waals surface area (Å²) in [6.07, 6.45) is 4.90. The second-order valence-corrected chi connectivity index (χ2v) is 5.84. The monoisotopic (exact) mass is 271 g/mol. The maximum atomic E-state index is 6.41. The fraction of sp³-hybridized carbons (Fsp3) is 0.571. The van der Waals surface area contributed by atoms with Crippen molar-refractivity contribution in [3.8, 4) is 0 Å². The first-order valence-electron chi connectivity index (χ1n) is 6.26. The minimum Gasteiger partial charge on any atom is -0.298 e. The van der Waals surface area contributed by atoms with E-state index in [-0.39, 0.29) is 5.38 Å². The Balaban J connectivity index is 2.01. The molecule has 17 heavy (non-hydrogen) atoms. The average molecular weight is 272 g/mol. The predicted molar refractivity (Wildman–Crippen MR) is 74.8 cm³/mol. The molecule has 94 valence electrons. The predicted octanol–water partition coefficient (Wildman–Crippen LogP) is 4.32. The van der Waals surface area contributed by atoms with E-state index < -0.39 is 0 Å². The van der Waals surface area contributed by atoms with E-state index >= 15 is 0 Å². The maximum Gasteiger partial charge on any atom is 0.0491 e. The number of alkyl halides is 1. The SMILES string of the molecule is CN(Cc1ccccc1Cl)C1CCCCC1Cl. The van der Waals surface area contributed by atoms with Gasteiger partial charge in [-0.15, -0.1) is 11.6 Å². The van der Waals surface area contributed by atoms with Crippen molar-refractivity contribution in [2.45, 2.75) is 43.6 Å². The van der Waals surface area contributed by atoms with Crippen LogP contribution in [0.15, 0.2) is 24.3 Å². The summed E-state index contributed by atoms with van der Waals surface area (Å²) in [6, 6.07) is 8.53. The number of benzene rings is 1. The summed E-state index contributed by atoms with van der Waals surface area (Å²) >= 11 is 12.6. The van der Waals surface area contributed by atoms with E-state index in [0.717, 1.165) is 18.0 Å². The third kappa shape index (κ3) is 3.37. The molecule has 0 heterocycles. The van der Waals surface area contributed by atoms with E-state index in [2.05, 4.69) is 18.0 Å². The van der Waals surface area contributed by atoms with Gasteiger partial charge in [-0.1, -0.05) is 42.6 Å². The zero-order valence-electron chi connectivity index (χ0n) is 10.2. The first kappa shape index (κ1) is 13.2. The van der Waals surface area contributed by atoms with Gasteiger partial charge in [-0.05, 0) is 31.5 Å². The summed E-state index contributed by atoms with van der Waals surface area (Å²) in [4.78, 5) is 2.35. The molecule has 0 aromatic heterocycles. The Morgan fingerprint density at radius 3 is 2.65 bits per heavy atom. The van der Waals surface area contributed by atoms with E-state index in [9.17, 15) is 0 Å². The van der Waals surface area contributed by atoms with Crippen LogP contribution in [0.25, 0.3) is 0 Å². The standard InChI is InChI=1S/C14H19Cl2N/c1-17(14-9-5-4-8-13(14)16)10-11-6-2-3-7-12(11)15/h2-3,6-7,13-14H,4-5,8-10H2,1H3. The van der Waals surface area contributed by atoms with Crippen molar-refractivity contribution >= 4 is 23.2 Å². The van der Waals surface area contributed by atoms with Crippen LogP contribution in [0.4, 0.5) is 0 Å². The van der Waals surface area contributed by atoms with E-state index in [1.165, 1.54) is 24.8 Å². The van der Waals surface area contributed by atoms with Gasteiger partial charge in [-0.2, -0.15) is 0 Å². The van der Waals surface area contributed by atoms with Gasteiger partial charge in [0.05, 0.1) is 0 Å². The van der Waals surface area contributed by atoms with Gasteiger partial charge in [-0.25, -0.2) is 0 Å². The minimum atomic E-state index is 0.288. The fourth-order valence-corrected chi connectivity index (χ4v) is 3.24. The number of hydrogen-bond acceptors (Lipinski definition) is 1. The third-order valence-electron chi connectivity index (χ3n) is 3.59. The van der Waals surface area contributed by atoms with Gasteiger partial charge < -0.3 is 0 Å². The van der Waals surface area contributed by atoms with Crippen molar-refractivity contribution in [2.75, 3.05) is 7.05 Å². The van der Waals surface area contributed by atoms with Crippen LogP contribution in [0, 0.1) is 0 Å². The molecule has 0 radical (unpaired) electrons. The normalized spacial score (nSPS) is 25.2. The largest absolute Gasteiger partial charge is 0.298 e. The van der Waals surface area contributed by atoms with Crippen LogP contribution in [-0.2, 0) is 6.54 Å². The molecule has 0 N–H and O–H groups in total. The highest BCUT2D eigenvalue weighted by atomic mass is 35.5. The minimum absolute atomic E-state index is 0.288. The zero-order valence-corrected chi connectivity index (χ0v) is 11.7. The number of halogens is 2. The Kier molecular flexibility index (Phi) is 4.72. The smallest absolute Gasteiger partial charge is 0.0491 e. The van der Waals surface area contributed by atoms with Crippen LogP contribution in [0.3, 0.4) is 0 Å². The highest BCUT2D eigenvalue weighted by Gasteiger charge is 2.26. The van der Waals surface area contributed by atoms with Gasteiger partial charge in [-0.3, -0.25) is 4.90 Å². The lowest BCUT2D eigenvalue weighted by molar-refractivity contribution is 0.188. The zero-order chi connectivity index (χ0) is 12.3. The summed E-state index contributed by atoms with van der Waals surface area (Å²) < 4.78 is 0. The Morgan fingerprint density at radius 2 is 1.94 bits per heavy atom. The van der Waals surface area contributed by atoms with E-state index in [1.54, 1.807) is 0 Å². The number of hydrogen-bond donors (Lipinski definition) is 0. The molecule has 1 aliphatic rings. The second-order valence-electron chi connectivity index (χ2n) is 4.87. The van der Waals surface area contributed by atoms with E-state index in [0.29, 0.717) is 6.04 Å². The van der Waals surface area contributed by atoms with Crippen molar-refractivity contribution in [1.82, 2.24) is 4.90 Å². The number of nitrogens with zero attached hydrogens (tertiary/aromatic N) is 1. The van der Waals surface area contributed by atoms with E-state index in [4.69, 9.17) is 23.2 Å². The Bertz CT molecular complexity index is 367. The third-order valence-corrected chi connectivity index (χ3v) is 4.47. The van der Waals surface area contributed by atoms with Gasteiger partial charge >= 0.3 is 0 Å². The molecule has 1 aromatic carbocycles. The molecule has 1 aliphatic carbocycles. The molecular weight excluding hydrogens is 253 g/mol. The molecule has 0 amide bonds. The van der Waals surface area contributed by atoms with Gasteiger partial charge in [0.15, 0.2) is 0 Å². The molecule has 3 heteroatoms. The molecule has 1 aromatic rings. The van der Waals surface area contributed by atoms with Crippen molar-refractivity contribution in [3.63, 3.8) is 0 Å². The van der Waals surface area contributed by atoms with Crippen molar-refractivity contribution in [2.24, 2.45) is 0 Å². The van der Waals surface area contributed by atoms with Gasteiger partial charge in [0.1, 0.15) is 0 Å². The Morgan fingerprint density at radius 1 is 1.24 bits per heavy atom. The lowest BCUT2D eigenvalue weighted by Crippen LogP contribution is -2.40. The van der Waals surface area contributed by atoms with Crippen LogP contribution < -0.4 is 0 Å². The molecule has 1 fully saturated rings. The second kappa shape index (κ2) is 6.08. The fourth-order valence-electron chi connectivity index (χ4n) is 2.58. The summed E-state index contributed by atoms with van der Waals surface area (Å²) in [5.41, 5.74) is 1.19. The molecule has 2 unspecified atom stereocenters.